The molecule has 0 saturated carbocycles. The highest BCUT2D eigenvalue weighted by molar-refractivity contribution is 5.25. The fraction of sp³-hybridized carbons (Fsp3) is 0.538. The number of aryl methyl sites for hydroxylation is 1. The number of aliphatic hydroxyl groups excluding tert-OH is 1. The van der Waals surface area contributed by atoms with Crippen LogP contribution in [0.4, 0.5) is 4.39 Å². The quantitative estimate of drug-likeness (QED) is 0.836. The molecule has 0 radical (unpaired) electrons. The third-order valence-corrected chi connectivity index (χ3v) is 2.48. The Hall–Kier alpha value is -0.930. The first-order valence-corrected chi connectivity index (χ1v) is 5.38. The predicted molar refractivity (Wildman–Crippen MR) is 61.7 cm³/mol. The fourth-order valence-electron chi connectivity index (χ4n) is 1.30. The number of rotatable bonds is 5. The van der Waals surface area contributed by atoms with Crippen molar-refractivity contribution in [3.8, 4) is 0 Å². The minimum atomic E-state index is -0.228. The van der Waals surface area contributed by atoms with Crippen LogP contribution in [0.2, 0.25) is 0 Å². The van der Waals surface area contributed by atoms with Gasteiger partial charge < -0.3 is 9.84 Å². The minimum absolute atomic E-state index is 0.0927. The van der Waals surface area contributed by atoms with E-state index in [1.807, 2.05) is 20.8 Å². The van der Waals surface area contributed by atoms with E-state index in [2.05, 4.69) is 0 Å². The second-order valence-corrected chi connectivity index (χ2v) is 4.89. The van der Waals surface area contributed by atoms with Crippen LogP contribution in [-0.2, 0) is 11.3 Å². The van der Waals surface area contributed by atoms with Crippen LogP contribution in [0.3, 0.4) is 0 Å². The standard InChI is InChI=1S/C13H19FO2/c1-10-6-12(14)5-4-11(10)7-16-9-13(2,3)8-15/h4-6,15H,7-9H2,1-3H3. The molecule has 0 aliphatic heterocycles. The molecule has 2 nitrogen and oxygen atoms in total. The lowest BCUT2D eigenvalue weighted by Gasteiger charge is -2.21. The zero-order valence-electron chi connectivity index (χ0n) is 10.1. The maximum Gasteiger partial charge on any atom is 0.123 e. The van der Waals surface area contributed by atoms with Gasteiger partial charge in [0.1, 0.15) is 5.82 Å². The molecule has 0 aliphatic carbocycles. The summed E-state index contributed by atoms with van der Waals surface area (Å²) in [6.45, 7) is 6.76. The Kier molecular flexibility index (Phi) is 4.44. The average molecular weight is 226 g/mol. The minimum Gasteiger partial charge on any atom is -0.396 e. The van der Waals surface area contributed by atoms with E-state index in [0.717, 1.165) is 11.1 Å². The van der Waals surface area contributed by atoms with Crippen LogP contribution < -0.4 is 0 Å². The first-order valence-electron chi connectivity index (χ1n) is 5.38. The van der Waals surface area contributed by atoms with E-state index in [1.54, 1.807) is 6.07 Å². The molecule has 1 aromatic carbocycles. The summed E-state index contributed by atoms with van der Waals surface area (Å²) in [5, 5.41) is 9.05. The summed E-state index contributed by atoms with van der Waals surface area (Å²) in [4.78, 5) is 0. The van der Waals surface area contributed by atoms with E-state index < -0.39 is 0 Å². The van der Waals surface area contributed by atoms with E-state index in [0.29, 0.717) is 13.2 Å². The SMILES string of the molecule is Cc1cc(F)ccc1COCC(C)(C)CO. The van der Waals surface area contributed by atoms with Crippen molar-refractivity contribution in [1.82, 2.24) is 0 Å². The molecule has 0 saturated heterocycles. The number of aliphatic hydroxyl groups is 1. The first-order chi connectivity index (χ1) is 7.44. The van der Waals surface area contributed by atoms with E-state index in [9.17, 15) is 4.39 Å². The average Bonchev–Trinajstić information content (AvgIpc) is 2.21. The molecular weight excluding hydrogens is 207 g/mol. The van der Waals surface area contributed by atoms with Gasteiger partial charge in [-0.3, -0.25) is 0 Å². The smallest absolute Gasteiger partial charge is 0.123 e. The van der Waals surface area contributed by atoms with Crippen molar-refractivity contribution in [3.63, 3.8) is 0 Å². The number of halogens is 1. The summed E-state index contributed by atoms with van der Waals surface area (Å²) < 4.78 is 18.4. The van der Waals surface area contributed by atoms with Crippen LogP contribution in [0.1, 0.15) is 25.0 Å². The molecule has 0 unspecified atom stereocenters. The van der Waals surface area contributed by atoms with E-state index >= 15 is 0 Å². The molecule has 0 bridgehead atoms. The van der Waals surface area contributed by atoms with Gasteiger partial charge in [-0.1, -0.05) is 19.9 Å². The Morgan fingerprint density at radius 3 is 2.62 bits per heavy atom. The monoisotopic (exact) mass is 226 g/mol. The van der Waals surface area contributed by atoms with E-state index in [1.165, 1.54) is 12.1 Å². The van der Waals surface area contributed by atoms with Gasteiger partial charge in [0.05, 0.1) is 19.8 Å². The molecule has 0 fully saturated rings. The van der Waals surface area contributed by atoms with E-state index in [-0.39, 0.29) is 17.8 Å². The van der Waals surface area contributed by atoms with Gasteiger partial charge >= 0.3 is 0 Å². The number of ether oxygens (including phenoxy) is 1. The normalized spacial score (nSPS) is 11.8. The number of benzene rings is 1. The van der Waals surface area contributed by atoms with Crippen molar-refractivity contribution in [1.29, 1.82) is 0 Å². The van der Waals surface area contributed by atoms with Crippen LogP contribution in [0.15, 0.2) is 18.2 Å². The number of hydrogen-bond acceptors (Lipinski definition) is 2. The molecule has 0 spiro atoms. The van der Waals surface area contributed by atoms with Crippen molar-refractivity contribution in [2.75, 3.05) is 13.2 Å². The molecule has 1 rings (SSSR count). The van der Waals surface area contributed by atoms with Crippen LogP contribution in [0, 0.1) is 18.2 Å². The summed E-state index contributed by atoms with van der Waals surface area (Å²) in [7, 11) is 0. The van der Waals surface area contributed by atoms with E-state index in [4.69, 9.17) is 9.84 Å². The maximum atomic E-state index is 12.8. The summed E-state index contributed by atoms with van der Waals surface area (Å²) in [6.07, 6.45) is 0. The summed E-state index contributed by atoms with van der Waals surface area (Å²) >= 11 is 0. The molecule has 0 atom stereocenters. The van der Waals surface area contributed by atoms with Gasteiger partial charge in [-0.05, 0) is 30.2 Å². The van der Waals surface area contributed by atoms with Gasteiger partial charge in [-0.15, -0.1) is 0 Å². The van der Waals surface area contributed by atoms with Gasteiger partial charge in [0.25, 0.3) is 0 Å². The summed E-state index contributed by atoms with van der Waals surface area (Å²) in [5.41, 5.74) is 1.64. The highest BCUT2D eigenvalue weighted by Crippen LogP contribution is 2.16. The lowest BCUT2D eigenvalue weighted by molar-refractivity contribution is 0.0196. The molecular formula is C13H19FO2. The highest BCUT2D eigenvalue weighted by Gasteiger charge is 2.16. The Labute approximate surface area is 96.1 Å². The van der Waals surface area contributed by atoms with Crippen LogP contribution in [-0.4, -0.2) is 18.3 Å². The summed E-state index contributed by atoms with van der Waals surface area (Å²) in [5.74, 6) is -0.225. The Bertz CT molecular complexity index is 348. The van der Waals surface area contributed by atoms with Crippen molar-refractivity contribution in [2.24, 2.45) is 5.41 Å². The zero-order valence-corrected chi connectivity index (χ0v) is 10.1. The van der Waals surface area contributed by atoms with Crippen molar-refractivity contribution in [3.05, 3.63) is 35.1 Å². The second-order valence-electron chi connectivity index (χ2n) is 4.89. The third-order valence-electron chi connectivity index (χ3n) is 2.48. The lowest BCUT2D eigenvalue weighted by atomic mass is 9.96. The highest BCUT2D eigenvalue weighted by atomic mass is 19.1. The molecule has 3 heteroatoms. The van der Waals surface area contributed by atoms with Crippen LogP contribution in [0.5, 0.6) is 0 Å². The van der Waals surface area contributed by atoms with Gasteiger partial charge in [-0.25, -0.2) is 4.39 Å². The molecule has 1 aromatic rings. The largest absolute Gasteiger partial charge is 0.396 e. The Morgan fingerprint density at radius 1 is 1.38 bits per heavy atom. The van der Waals surface area contributed by atoms with Gasteiger partial charge in [0.15, 0.2) is 0 Å². The van der Waals surface area contributed by atoms with Crippen molar-refractivity contribution in [2.45, 2.75) is 27.4 Å². The topological polar surface area (TPSA) is 29.5 Å². The molecule has 0 heterocycles. The molecule has 16 heavy (non-hydrogen) atoms. The molecule has 0 amide bonds. The summed E-state index contributed by atoms with van der Waals surface area (Å²) in [6, 6.07) is 4.66. The molecule has 90 valence electrons. The van der Waals surface area contributed by atoms with Gasteiger partial charge in [-0.2, -0.15) is 0 Å². The van der Waals surface area contributed by atoms with Crippen LogP contribution in [0.25, 0.3) is 0 Å². The first kappa shape index (κ1) is 13.1. The Balaban J connectivity index is 2.49. The molecule has 0 aliphatic rings. The molecule has 1 N–H and O–H groups in total. The lowest BCUT2D eigenvalue weighted by Crippen LogP contribution is -2.23. The van der Waals surface area contributed by atoms with Gasteiger partial charge in [0.2, 0.25) is 0 Å². The second kappa shape index (κ2) is 5.41. The van der Waals surface area contributed by atoms with Crippen LogP contribution >= 0.6 is 0 Å². The Morgan fingerprint density at radius 2 is 2.06 bits per heavy atom. The molecule has 0 aromatic heterocycles. The third kappa shape index (κ3) is 3.91. The number of hydrogen-bond donors (Lipinski definition) is 1. The van der Waals surface area contributed by atoms with Crippen molar-refractivity contribution < 1.29 is 14.2 Å². The van der Waals surface area contributed by atoms with Gasteiger partial charge in [0, 0.05) is 5.41 Å². The zero-order chi connectivity index (χ0) is 12.2. The maximum absolute atomic E-state index is 12.8. The van der Waals surface area contributed by atoms with Crippen molar-refractivity contribution >= 4 is 0 Å². The fourth-order valence-corrected chi connectivity index (χ4v) is 1.30. The predicted octanol–water partition coefficient (Wildman–Crippen LogP) is 2.67.